The van der Waals surface area contributed by atoms with Crippen LogP contribution in [-0.4, -0.2) is 25.0 Å². The van der Waals surface area contributed by atoms with E-state index < -0.39 is 0 Å². The summed E-state index contributed by atoms with van der Waals surface area (Å²) in [6, 6.07) is 14.0. The van der Waals surface area contributed by atoms with Crippen LogP contribution in [0.4, 0.5) is 0 Å². The molecule has 0 saturated carbocycles. The molecular formula is C20H25N3O2S. The highest BCUT2D eigenvalue weighted by Crippen LogP contribution is 2.29. The Morgan fingerprint density at radius 1 is 1.08 bits per heavy atom. The summed E-state index contributed by atoms with van der Waals surface area (Å²) in [6.07, 6.45) is 2.66. The van der Waals surface area contributed by atoms with E-state index in [1.54, 1.807) is 13.3 Å². The van der Waals surface area contributed by atoms with Crippen LogP contribution in [0.5, 0.6) is 11.5 Å². The van der Waals surface area contributed by atoms with Gasteiger partial charge in [0.25, 0.3) is 0 Å². The second-order valence-corrected chi connectivity index (χ2v) is 5.91. The molecule has 0 fully saturated rings. The van der Waals surface area contributed by atoms with Crippen LogP contribution in [0.1, 0.15) is 30.5 Å². The predicted octanol–water partition coefficient (Wildman–Crippen LogP) is 3.65. The van der Waals surface area contributed by atoms with Crippen molar-refractivity contribution in [1.82, 2.24) is 10.7 Å². The summed E-state index contributed by atoms with van der Waals surface area (Å²) in [5.41, 5.74) is 6.09. The molecular weight excluding hydrogens is 346 g/mol. The third-order valence-corrected chi connectivity index (χ3v) is 4.05. The first kappa shape index (κ1) is 19.7. The fourth-order valence-corrected chi connectivity index (χ4v) is 2.47. The summed E-state index contributed by atoms with van der Waals surface area (Å²) < 4.78 is 11.7. The van der Waals surface area contributed by atoms with E-state index in [2.05, 4.69) is 41.0 Å². The first-order valence-corrected chi connectivity index (χ1v) is 9.06. The Bertz CT molecular complexity index is 762. The number of nitrogens with one attached hydrogen (secondary N) is 2. The van der Waals surface area contributed by atoms with Crippen molar-refractivity contribution in [2.45, 2.75) is 26.9 Å². The van der Waals surface area contributed by atoms with Gasteiger partial charge in [-0.2, -0.15) is 5.10 Å². The Kier molecular flexibility index (Phi) is 7.89. The van der Waals surface area contributed by atoms with Crippen molar-refractivity contribution < 1.29 is 9.47 Å². The minimum atomic E-state index is 0.459. The smallest absolute Gasteiger partial charge is 0.186 e. The van der Waals surface area contributed by atoms with Crippen LogP contribution >= 0.6 is 12.2 Å². The lowest BCUT2D eigenvalue weighted by Crippen LogP contribution is -2.28. The molecule has 2 rings (SSSR count). The quantitative estimate of drug-likeness (QED) is 0.421. The van der Waals surface area contributed by atoms with Gasteiger partial charge >= 0.3 is 0 Å². The van der Waals surface area contributed by atoms with Crippen molar-refractivity contribution >= 4 is 23.5 Å². The van der Waals surface area contributed by atoms with Gasteiger partial charge in [0.1, 0.15) is 6.61 Å². The van der Waals surface area contributed by atoms with Crippen LogP contribution < -0.4 is 20.2 Å². The molecule has 0 bridgehead atoms. The zero-order valence-corrected chi connectivity index (χ0v) is 16.2. The predicted molar refractivity (Wildman–Crippen MR) is 110 cm³/mol. The highest BCUT2D eigenvalue weighted by Gasteiger charge is 2.08. The molecule has 5 nitrogen and oxygen atoms in total. The van der Waals surface area contributed by atoms with Gasteiger partial charge in [-0.05, 0) is 60.5 Å². The molecule has 6 heteroatoms. The van der Waals surface area contributed by atoms with E-state index in [1.807, 2.05) is 31.2 Å². The van der Waals surface area contributed by atoms with E-state index in [0.717, 1.165) is 12.0 Å². The van der Waals surface area contributed by atoms with Gasteiger partial charge in [0.05, 0.1) is 12.8 Å². The van der Waals surface area contributed by atoms with Crippen molar-refractivity contribution in [1.29, 1.82) is 0 Å². The molecule has 2 N–H and O–H groups in total. The summed E-state index contributed by atoms with van der Waals surface area (Å²) in [5.74, 6) is 1.41. The molecule has 138 valence electrons. The third kappa shape index (κ3) is 5.74. The first-order chi connectivity index (χ1) is 12.7. The topological polar surface area (TPSA) is 54.9 Å². The molecule has 0 radical (unpaired) electrons. The minimum absolute atomic E-state index is 0.459. The van der Waals surface area contributed by atoms with Gasteiger partial charge in [0, 0.05) is 7.05 Å². The van der Waals surface area contributed by atoms with Crippen LogP contribution in [-0.2, 0) is 13.0 Å². The summed E-state index contributed by atoms with van der Waals surface area (Å²) in [7, 11) is 1.74. The number of hydrogen-bond acceptors (Lipinski definition) is 4. The van der Waals surface area contributed by atoms with Gasteiger partial charge in [-0.1, -0.05) is 31.2 Å². The van der Waals surface area contributed by atoms with E-state index in [9.17, 15) is 0 Å². The van der Waals surface area contributed by atoms with E-state index in [4.69, 9.17) is 21.7 Å². The molecule has 2 aromatic carbocycles. The van der Waals surface area contributed by atoms with Crippen LogP contribution in [0, 0.1) is 0 Å². The lowest BCUT2D eigenvalue weighted by atomic mass is 10.1. The Morgan fingerprint density at radius 3 is 2.54 bits per heavy atom. The van der Waals surface area contributed by atoms with Crippen molar-refractivity contribution in [2.24, 2.45) is 5.10 Å². The van der Waals surface area contributed by atoms with Crippen molar-refractivity contribution in [3.05, 3.63) is 59.2 Å². The van der Waals surface area contributed by atoms with E-state index in [1.165, 1.54) is 11.1 Å². The summed E-state index contributed by atoms with van der Waals surface area (Å²) in [5, 5.41) is 7.34. The lowest BCUT2D eigenvalue weighted by molar-refractivity contribution is 0.268. The Hall–Kier alpha value is -2.60. The second kappa shape index (κ2) is 10.4. The molecule has 2 aromatic rings. The number of hydrogen-bond donors (Lipinski definition) is 2. The van der Waals surface area contributed by atoms with Gasteiger partial charge in [-0.15, -0.1) is 0 Å². The number of ether oxygens (including phenoxy) is 2. The fourth-order valence-electron chi connectivity index (χ4n) is 2.41. The van der Waals surface area contributed by atoms with Crippen LogP contribution in [0.3, 0.4) is 0 Å². The molecule has 0 unspecified atom stereocenters. The molecule has 0 heterocycles. The maximum absolute atomic E-state index is 6.02. The third-order valence-electron chi connectivity index (χ3n) is 3.76. The van der Waals surface area contributed by atoms with Crippen molar-refractivity contribution in [3.63, 3.8) is 0 Å². The van der Waals surface area contributed by atoms with Gasteiger partial charge in [0.15, 0.2) is 16.6 Å². The Morgan fingerprint density at radius 2 is 1.85 bits per heavy atom. The zero-order chi connectivity index (χ0) is 18.8. The molecule has 0 aliphatic rings. The van der Waals surface area contributed by atoms with Crippen molar-refractivity contribution in [2.75, 3.05) is 13.7 Å². The number of aryl methyl sites for hydroxylation is 1. The minimum Gasteiger partial charge on any atom is -0.490 e. The molecule has 0 spiro atoms. The van der Waals surface area contributed by atoms with E-state index in [-0.39, 0.29) is 0 Å². The Labute approximate surface area is 160 Å². The fraction of sp³-hybridized carbons (Fsp3) is 0.300. The molecule has 0 amide bonds. The molecule has 26 heavy (non-hydrogen) atoms. The van der Waals surface area contributed by atoms with Gasteiger partial charge in [0.2, 0.25) is 0 Å². The number of thiocarbonyl (C=S) groups is 1. The lowest BCUT2D eigenvalue weighted by Gasteiger charge is -2.14. The van der Waals surface area contributed by atoms with E-state index >= 15 is 0 Å². The van der Waals surface area contributed by atoms with Gasteiger partial charge < -0.3 is 14.8 Å². The highest BCUT2D eigenvalue weighted by atomic mass is 32.1. The average molecular weight is 372 g/mol. The number of nitrogens with zero attached hydrogens (tertiary/aromatic N) is 1. The monoisotopic (exact) mass is 371 g/mol. The second-order valence-electron chi connectivity index (χ2n) is 5.50. The first-order valence-electron chi connectivity index (χ1n) is 8.65. The average Bonchev–Trinajstić information content (AvgIpc) is 2.67. The van der Waals surface area contributed by atoms with Crippen LogP contribution in [0.2, 0.25) is 0 Å². The standard InChI is InChI=1S/C20H25N3O2S/c1-4-16-8-6-7-9-17(16)14-25-18-11-10-15(12-19(18)24-5-2)13-22-23-20(26)21-3/h6-13H,4-5,14H2,1-3H3,(H2,21,23,26)/b22-13+. The van der Waals surface area contributed by atoms with Crippen LogP contribution in [0.15, 0.2) is 47.6 Å². The van der Waals surface area contributed by atoms with Gasteiger partial charge in [-0.3, -0.25) is 5.43 Å². The maximum atomic E-state index is 6.02. The normalized spacial score (nSPS) is 10.6. The molecule has 0 saturated heterocycles. The number of rotatable bonds is 8. The molecule has 0 atom stereocenters. The SMILES string of the molecule is CCOc1cc(/C=N/NC(=S)NC)ccc1OCc1ccccc1CC. The molecule has 0 aromatic heterocycles. The summed E-state index contributed by atoms with van der Waals surface area (Å²) in [6.45, 7) is 5.16. The summed E-state index contributed by atoms with van der Waals surface area (Å²) in [4.78, 5) is 0. The summed E-state index contributed by atoms with van der Waals surface area (Å²) >= 11 is 4.98. The highest BCUT2D eigenvalue weighted by molar-refractivity contribution is 7.80. The van der Waals surface area contributed by atoms with Crippen LogP contribution in [0.25, 0.3) is 0 Å². The van der Waals surface area contributed by atoms with Crippen molar-refractivity contribution in [3.8, 4) is 11.5 Å². The van der Waals surface area contributed by atoms with Gasteiger partial charge in [-0.25, -0.2) is 0 Å². The Balaban J connectivity index is 2.11. The molecule has 0 aliphatic heterocycles. The zero-order valence-electron chi connectivity index (χ0n) is 15.4. The maximum Gasteiger partial charge on any atom is 0.186 e. The van der Waals surface area contributed by atoms with E-state index in [0.29, 0.717) is 29.8 Å². The largest absolute Gasteiger partial charge is 0.490 e. The molecule has 0 aliphatic carbocycles. The number of hydrazone groups is 1. The number of benzene rings is 2.